The van der Waals surface area contributed by atoms with Gasteiger partial charge in [0.1, 0.15) is 11.6 Å². The predicted molar refractivity (Wildman–Crippen MR) is 47.7 cm³/mol. The van der Waals surface area contributed by atoms with Gasteiger partial charge in [0, 0.05) is 17.8 Å². The van der Waals surface area contributed by atoms with Crippen LogP contribution in [0, 0.1) is 5.82 Å². The highest BCUT2D eigenvalue weighted by Gasteiger charge is 2.44. The van der Waals surface area contributed by atoms with Crippen LogP contribution in [0.15, 0.2) is 18.2 Å². The minimum Gasteiger partial charge on any atom is -0.428 e. The molecule has 0 aliphatic heterocycles. The second-order valence-corrected chi connectivity index (χ2v) is 2.90. The molecule has 1 amide bonds. The number of anilines is 1. The largest absolute Gasteiger partial charge is 0.461 e. The van der Waals surface area contributed by atoms with Crippen molar-refractivity contribution in [1.29, 1.82) is 0 Å². The number of ether oxygens (including phenoxy) is 1. The van der Waals surface area contributed by atoms with Crippen LogP contribution in [0.3, 0.4) is 0 Å². The molecule has 94 valence electrons. The quantitative estimate of drug-likeness (QED) is 0.648. The van der Waals surface area contributed by atoms with Gasteiger partial charge in [-0.3, -0.25) is 4.79 Å². The molecule has 1 aromatic rings. The van der Waals surface area contributed by atoms with Crippen LogP contribution in [0.2, 0.25) is 0 Å². The van der Waals surface area contributed by atoms with Gasteiger partial charge in [0.05, 0.1) is 0 Å². The SMILES string of the molecule is O=CNc1cc(F)cc(OC(F)(F)C(F)F)c1. The number of carbonyl (C=O) groups excluding carboxylic acids is 1. The zero-order chi connectivity index (χ0) is 13.1. The number of nitrogens with one attached hydrogen (secondary N) is 1. The number of carbonyl (C=O) groups is 1. The van der Waals surface area contributed by atoms with E-state index in [1.165, 1.54) is 0 Å². The zero-order valence-corrected chi connectivity index (χ0v) is 8.09. The van der Waals surface area contributed by atoms with Crippen LogP contribution in [0.25, 0.3) is 0 Å². The fraction of sp³-hybridized carbons (Fsp3) is 0.222. The molecule has 3 nitrogen and oxygen atoms in total. The van der Waals surface area contributed by atoms with E-state index in [1.807, 2.05) is 5.32 Å². The van der Waals surface area contributed by atoms with Gasteiger partial charge in [-0.15, -0.1) is 0 Å². The summed E-state index contributed by atoms with van der Waals surface area (Å²) in [7, 11) is 0. The molecule has 0 aliphatic carbocycles. The molecule has 1 aromatic carbocycles. The van der Waals surface area contributed by atoms with Crippen LogP contribution in [-0.4, -0.2) is 18.9 Å². The Bertz CT molecular complexity index is 410. The molecule has 0 aliphatic rings. The smallest absolute Gasteiger partial charge is 0.428 e. The topological polar surface area (TPSA) is 38.3 Å². The highest BCUT2D eigenvalue weighted by atomic mass is 19.3. The first-order valence-corrected chi connectivity index (χ1v) is 4.21. The number of rotatable bonds is 5. The van der Waals surface area contributed by atoms with Crippen molar-refractivity contribution in [2.24, 2.45) is 0 Å². The van der Waals surface area contributed by atoms with Crippen LogP contribution in [0.5, 0.6) is 5.75 Å². The maximum atomic E-state index is 12.9. The Balaban J connectivity index is 2.94. The van der Waals surface area contributed by atoms with E-state index in [0.717, 1.165) is 12.1 Å². The predicted octanol–water partition coefficient (Wildman–Crippen LogP) is 2.63. The van der Waals surface area contributed by atoms with Crippen molar-refractivity contribution in [2.75, 3.05) is 5.32 Å². The van der Waals surface area contributed by atoms with Gasteiger partial charge in [-0.25, -0.2) is 4.39 Å². The fourth-order valence-corrected chi connectivity index (χ4v) is 0.975. The standard InChI is InChI=1S/C9H6F5NO2/c10-5-1-6(15-4-16)3-7(2-5)17-9(13,14)8(11)12/h1-4,8H,(H,15,16). The summed E-state index contributed by atoms with van der Waals surface area (Å²) in [6, 6.07) is 2.09. The first-order valence-electron chi connectivity index (χ1n) is 4.21. The maximum Gasteiger partial charge on any atom is 0.461 e. The Morgan fingerprint density at radius 1 is 1.29 bits per heavy atom. The summed E-state index contributed by atoms with van der Waals surface area (Å²) >= 11 is 0. The minimum atomic E-state index is -4.73. The fourth-order valence-electron chi connectivity index (χ4n) is 0.975. The summed E-state index contributed by atoms with van der Waals surface area (Å²) in [6.45, 7) is 0. The number of amides is 1. The maximum absolute atomic E-state index is 12.9. The molecule has 0 saturated carbocycles. The van der Waals surface area contributed by atoms with Crippen LogP contribution < -0.4 is 10.1 Å². The first-order chi connectivity index (χ1) is 7.85. The monoisotopic (exact) mass is 255 g/mol. The molecule has 1 rings (SSSR count). The third kappa shape index (κ3) is 3.58. The number of hydrogen-bond donors (Lipinski definition) is 1. The molecule has 0 spiro atoms. The normalized spacial score (nSPS) is 11.4. The van der Waals surface area contributed by atoms with E-state index >= 15 is 0 Å². The van der Waals surface area contributed by atoms with Crippen molar-refractivity contribution in [3.05, 3.63) is 24.0 Å². The van der Waals surface area contributed by atoms with Crippen molar-refractivity contribution in [3.63, 3.8) is 0 Å². The van der Waals surface area contributed by atoms with Crippen molar-refractivity contribution in [1.82, 2.24) is 0 Å². The van der Waals surface area contributed by atoms with E-state index in [0.29, 0.717) is 6.07 Å². The van der Waals surface area contributed by atoms with Gasteiger partial charge in [-0.1, -0.05) is 0 Å². The molecule has 0 bridgehead atoms. The van der Waals surface area contributed by atoms with Crippen LogP contribution >= 0.6 is 0 Å². The summed E-state index contributed by atoms with van der Waals surface area (Å²) in [5.41, 5.74) is -0.194. The van der Waals surface area contributed by atoms with E-state index in [4.69, 9.17) is 0 Å². The lowest BCUT2D eigenvalue weighted by Gasteiger charge is -2.17. The van der Waals surface area contributed by atoms with Crippen LogP contribution in [0.4, 0.5) is 27.6 Å². The van der Waals surface area contributed by atoms with E-state index in [-0.39, 0.29) is 12.1 Å². The summed E-state index contributed by atoms with van der Waals surface area (Å²) in [6.07, 6.45) is -8.61. The van der Waals surface area contributed by atoms with E-state index in [1.54, 1.807) is 0 Å². The average Bonchev–Trinajstić information content (AvgIpc) is 2.15. The molecular formula is C9H6F5NO2. The summed E-state index contributed by atoms with van der Waals surface area (Å²) in [5, 5.41) is 1.97. The number of benzene rings is 1. The Kier molecular flexibility index (Phi) is 3.87. The highest BCUT2D eigenvalue weighted by Crippen LogP contribution is 2.29. The van der Waals surface area contributed by atoms with Gasteiger partial charge in [0.25, 0.3) is 0 Å². The number of halogens is 5. The van der Waals surface area contributed by atoms with Crippen molar-refractivity contribution in [3.8, 4) is 5.75 Å². The zero-order valence-electron chi connectivity index (χ0n) is 8.09. The van der Waals surface area contributed by atoms with Crippen molar-refractivity contribution >= 4 is 12.1 Å². The Morgan fingerprint density at radius 3 is 2.47 bits per heavy atom. The van der Waals surface area contributed by atoms with Gasteiger partial charge in [-0.2, -0.15) is 17.6 Å². The van der Waals surface area contributed by atoms with Crippen molar-refractivity contribution in [2.45, 2.75) is 12.5 Å². The van der Waals surface area contributed by atoms with Crippen molar-refractivity contribution < 1.29 is 31.5 Å². The van der Waals surface area contributed by atoms with Gasteiger partial charge >= 0.3 is 12.5 Å². The van der Waals surface area contributed by atoms with Gasteiger partial charge in [0.15, 0.2) is 0 Å². The molecule has 0 heterocycles. The molecular weight excluding hydrogens is 249 g/mol. The molecule has 0 radical (unpaired) electrons. The first kappa shape index (κ1) is 13.2. The third-order valence-electron chi connectivity index (χ3n) is 1.60. The number of alkyl halides is 4. The third-order valence-corrected chi connectivity index (χ3v) is 1.60. The molecule has 17 heavy (non-hydrogen) atoms. The Labute approximate surface area is 92.2 Å². The molecule has 0 unspecified atom stereocenters. The van der Waals surface area contributed by atoms with Gasteiger partial charge < -0.3 is 10.1 Å². The Morgan fingerprint density at radius 2 is 1.94 bits per heavy atom. The second-order valence-electron chi connectivity index (χ2n) is 2.90. The minimum absolute atomic E-state index is 0.170. The number of hydrogen-bond acceptors (Lipinski definition) is 2. The summed E-state index contributed by atoms with van der Waals surface area (Å²) in [4.78, 5) is 10.0. The van der Waals surface area contributed by atoms with Gasteiger partial charge in [-0.05, 0) is 6.07 Å². The molecule has 8 heteroatoms. The average molecular weight is 255 g/mol. The summed E-state index contributed by atoms with van der Waals surface area (Å²) in [5.74, 6) is -1.84. The van der Waals surface area contributed by atoms with E-state index in [9.17, 15) is 26.7 Å². The van der Waals surface area contributed by atoms with E-state index in [2.05, 4.69) is 4.74 Å². The molecule has 0 fully saturated rings. The Hall–Kier alpha value is -1.86. The lowest BCUT2D eigenvalue weighted by molar-refractivity contribution is -0.253. The van der Waals surface area contributed by atoms with E-state index < -0.39 is 24.1 Å². The second kappa shape index (κ2) is 4.98. The van der Waals surface area contributed by atoms with Crippen LogP contribution in [0.1, 0.15) is 0 Å². The highest BCUT2D eigenvalue weighted by molar-refractivity contribution is 5.71. The van der Waals surface area contributed by atoms with Gasteiger partial charge in [0.2, 0.25) is 6.41 Å². The lowest BCUT2D eigenvalue weighted by atomic mass is 10.3. The van der Waals surface area contributed by atoms with Crippen LogP contribution in [-0.2, 0) is 4.79 Å². The molecule has 0 aromatic heterocycles. The molecule has 0 atom stereocenters. The summed E-state index contributed by atoms with van der Waals surface area (Å²) < 4.78 is 65.1. The lowest BCUT2D eigenvalue weighted by Crippen LogP contribution is -2.33. The molecule has 0 saturated heterocycles. The molecule has 1 N–H and O–H groups in total.